The molecule has 3 heteroatoms. The molecule has 0 bridgehead atoms. The Bertz CT molecular complexity index is 588. The van der Waals surface area contributed by atoms with E-state index in [1.165, 1.54) is 12.1 Å². The molecule has 0 fully saturated rings. The fourth-order valence-electron chi connectivity index (χ4n) is 1.87. The number of hydrogen-bond acceptors (Lipinski definition) is 3. The number of para-hydroxylation sites is 2. The lowest BCUT2D eigenvalue weighted by atomic mass is 9.98. The maximum atomic E-state index is 12.2. The highest BCUT2D eigenvalue weighted by Gasteiger charge is 2.17. The van der Waals surface area contributed by atoms with Crippen molar-refractivity contribution < 1.29 is 15.0 Å². The maximum Gasteiger partial charge on any atom is 0.200 e. The number of carbonyl (C=O) groups excluding carboxylic acids is 1. The van der Waals surface area contributed by atoms with Crippen LogP contribution in [0.2, 0.25) is 0 Å². The van der Waals surface area contributed by atoms with Crippen LogP contribution >= 0.6 is 0 Å². The summed E-state index contributed by atoms with van der Waals surface area (Å²) in [4.78, 5) is 12.2. The summed E-state index contributed by atoms with van der Waals surface area (Å²) in [6, 6.07) is 11.4. The molecule has 0 radical (unpaired) electrons. The van der Waals surface area contributed by atoms with Crippen LogP contribution in [-0.4, -0.2) is 16.0 Å². The van der Waals surface area contributed by atoms with Crippen molar-refractivity contribution in [2.45, 2.75) is 13.3 Å². The third kappa shape index (κ3) is 2.07. The number of phenolic OH excluding ortho intramolecular Hbond substituents is 2. The van der Waals surface area contributed by atoms with Crippen LogP contribution in [0.25, 0.3) is 0 Å². The molecule has 3 nitrogen and oxygen atoms in total. The van der Waals surface area contributed by atoms with E-state index in [-0.39, 0.29) is 28.4 Å². The highest BCUT2D eigenvalue weighted by Crippen LogP contribution is 2.28. The van der Waals surface area contributed by atoms with Crippen molar-refractivity contribution >= 4 is 5.78 Å². The standard InChI is InChI=1S/C15H14O3/c1-2-10-6-5-8-12(14(10)17)15(18)11-7-3-4-9-13(11)16/h3-9,16-17H,2H2,1H3. The van der Waals surface area contributed by atoms with Crippen LogP contribution in [0.4, 0.5) is 0 Å². The number of rotatable bonds is 3. The fraction of sp³-hybridized carbons (Fsp3) is 0.133. The Kier molecular flexibility index (Phi) is 3.33. The average Bonchev–Trinajstić information content (AvgIpc) is 2.39. The monoisotopic (exact) mass is 242 g/mol. The van der Waals surface area contributed by atoms with Crippen LogP contribution in [0, 0.1) is 0 Å². The highest BCUT2D eigenvalue weighted by atomic mass is 16.3. The minimum atomic E-state index is -0.374. The summed E-state index contributed by atoms with van der Waals surface area (Å²) in [5, 5.41) is 19.7. The molecule has 0 unspecified atom stereocenters. The molecule has 0 atom stereocenters. The van der Waals surface area contributed by atoms with Gasteiger partial charge in [0.15, 0.2) is 5.78 Å². The van der Waals surface area contributed by atoms with Gasteiger partial charge in [0.05, 0.1) is 11.1 Å². The molecule has 2 rings (SSSR count). The van der Waals surface area contributed by atoms with Gasteiger partial charge in [-0.25, -0.2) is 0 Å². The topological polar surface area (TPSA) is 57.5 Å². The van der Waals surface area contributed by atoms with Crippen molar-refractivity contribution in [1.82, 2.24) is 0 Å². The van der Waals surface area contributed by atoms with Crippen LogP contribution < -0.4 is 0 Å². The SMILES string of the molecule is CCc1cccc(C(=O)c2ccccc2O)c1O. The van der Waals surface area contributed by atoms with E-state index in [1.807, 2.05) is 6.92 Å². The van der Waals surface area contributed by atoms with Crippen molar-refractivity contribution in [2.75, 3.05) is 0 Å². The summed E-state index contributed by atoms with van der Waals surface area (Å²) in [6.07, 6.45) is 0.647. The van der Waals surface area contributed by atoms with E-state index in [0.717, 1.165) is 5.56 Å². The first kappa shape index (κ1) is 12.2. The number of carbonyl (C=O) groups is 1. The number of hydrogen-bond donors (Lipinski definition) is 2. The van der Waals surface area contributed by atoms with Crippen LogP contribution in [0.15, 0.2) is 42.5 Å². The molecule has 0 spiro atoms. The van der Waals surface area contributed by atoms with Crippen molar-refractivity contribution in [3.8, 4) is 11.5 Å². The van der Waals surface area contributed by atoms with E-state index in [1.54, 1.807) is 30.3 Å². The molecule has 0 saturated heterocycles. The van der Waals surface area contributed by atoms with Crippen LogP contribution in [0.3, 0.4) is 0 Å². The van der Waals surface area contributed by atoms with Gasteiger partial charge in [0, 0.05) is 0 Å². The molecule has 2 N–H and O–H groups in total. The number of ketones is 1. The largest absolute Gasteiger partial charge is 0.507 e. The highest BCUT2D eigenvalue weighted by molar-refractivity contribution is 6.12. The molecule has 0 aliphatic carbocycles. The predicted octanol–water partition coefficient (Wildman–Crippen LogP) is 2.89. The van der Waals surface area contributed by atoms with Crippen molar-refractivity contribution in [2.24, 2.45) is 0 Å². The Morgan fingerprint density at radius 2 is 1.67 bits per heavy atom. The van der Waals surface area contributed by atoms with Crippen molar-refractivity contribution in [1.29, 1.82) is 0 Å². The second-order valence-electron chi connectivity index (χ2n) is 4.01. The molecule has 0 aliphatic rings. The zero-order valence-corrected chi connectivity index (χ0v) is 10.1. The first-order valence-corrected chi connectivity index (χ1v) is 5.78. The molecule has 0 aromatic heterocycles. The van der Waals surface area contributed by atoms with Gasteiger partial charge in [0.25, 0.3) is 0 Å². The van der Waals surface area contributed by atoms with E-state index in [9.17, 15) is 15.0 Å². The Balaban J connectivity index is 2.50. The molecule has 18 heavy (non-hydrogen) atoms. The molecule has 2 aromatic rings. The van der Waals surface area contributed by atoms with E-state index < -0.39 is 0 Å². The van der Waals surface area contributed by atoms with Gasteiger partial charge in [-0.2, -0.15) is 0 Å². The first-order chi connectivity index (χ1) is 8.65. The summed E-state index contributed by atoms with van der Waals surface area (Å²) >= 11 is 0. The normalized spacial score (nSPS) is 10.3. The third-order valence-electron chi connectivity index (χ3n) is 2.89. The Labute approximate surface area is 105 Å². The molecule has 0 aliphatic heterocycles. The lowest BCUT2D eigenvalue weighted by Crippen LogP contribution is -2.03. The Morgan fingerprint density at radius 3 is 2.33 bits per heavy atom. The minimum Gasteiger partial charge on any atom is -0.507 e. The molecular formula is C15H14O3. The Hall–Kier alpha value is -2.29. The molecule has 2 aromatic carbocycles. The van der Waals surface area contributed by atoms with Gasteiger partial charge in [-0.05, 0) is 30.2 Å². The minimum absolute atomic E-state index is 0.00625. The quantitative estimate of drug-likeness (QED) is 0.814. The third-order valence-corrected chi connectivity index (χ3v) is 2.89. The number of phenols is 2. The van der Waals surface area contributed by atoms with Gasteiger partial charge in [-0.1, -0.05) is 31.2 Å². The van der Waals surface area contributed by atoms with Crippen molar-refractivity contribution in [3.05, 3.63) is 59.2 Å². The number of aryl methyl sites for hydroxylation is 1. The zero-order chi connectivity index (χ0) is 13.1. The van der Waals surface area contributed by atoms with Gasteiger partial charge < -0.3 is 10.2 Å². The van der Waals surface area contributed by atoms with Gasteiger partial charge >= 0.3 is 0 Å². The molecule has 0 saturated carbocycles. The van der Waals surface area contributed by atoms with Crippen LogP contribution in [-0.2, 0) is 6.42 Å². The number of benzene rings is 2. The van der Waals surface area contributed by atoms with E-state index in [4.69, 9.17) is 0 Å². The van der Waals surface area contributed by atoms with Crippen LogP contribution in [0.5, 0.6) is 11.5 Å². The smallest absolute Gasteiger partial charge is 0.200 e. The molecular weight excluding hydrogens is 228 g/mol. The van der Waals surface area contributed by atoms with Gasteiger partial charge in [-0.3, -0.25) is 4.79 Å². The van der Waals surface area contributed by atoms with Gasteiger partial charge in [0.2, 0.25) is 0 Å². The summed E-state index contributed by atoms with van der Waals surface area (Å²) in [6.45, 7) is 1.91. The van der Waals surface area contributed by atoms with E-state index >= 15 is 0 Å². The van der Waals surface area contributed by atoms with Crippen molar-refractivity contribution in [3.63, 3.8) is 0 Å². The maximum absolute atomic E-state index is 12.2. The zero-order valence-electron chi connectivity index (χ0n) is 10.1. The summed E-state index contributed by atoms with van der Waals surface area (Å²) < 4.78 is 0. The summed E-state index contributed by atoms with van der Waals surface area (Å²) in [5.74, 6) is -0.460. The second kappa shape index (κ2) is 4.92. The second-order valence-corrected chi connectivity index (χ2v) is 4.01. The van der Waals surface area contributed by atoms with E-state index in [0.29, 0.717) is 6.42 Å². The first-order valence-electron chi connectivity index (χ1n) is 5.78. The molecule has 92 valence electrons. The van der Waals surface area contributed by atoms with Gasteiger partial charge in [0.1, 0.15) is 11.5 Å². The lowest BCUT2D eigenvalue weighted by molar-refractivity contribution is 0.103. The summed E-state index contributed by atoms with van der Waals surface area (Å²) in [5.41, 5.74) is 1.13. The lowest BCUT2D eigenvalue weighted by Gasteiger charge is -2.08. The predicted molar refractivity (Wildman–Crippen MR) is 69.0 cm³/mol. The average molecular weight is 242 g/mol. The summed E-state index contributed by atoms with van der Waals surface area (Å²) in [7, 11) is 0. The molecule has 0 heterocycles. The van der Waals surface area contributed by atoms with Crippen LogP contribution in [0.1, 0.15) is 28.4 Å². The van der Waals surface area contributed by atoms with E-state index in [2.05, 4.69) is 0 Å². The molecule has 0 amide bonds. The fourth-order valence-corrected chi connectivity index (χ4v) is 1.87. The Morgan fingerprint density at radius 1 is 1.00 bits per heavy atom. The van der Waals surface area contributed by atoms with Gasteiger partial charge in [-0.15, -0.1) is 0 Å². The number of aromatic hydroxyl groups is 2.